The number of hydrogen-bond donors (Lipinski definition) is 1. The lowest BCUT2D eigenvalue weighted by molar-refractivity contribution is 0.336. The normalized spacial score (nSPS) is 12.3. The third-order valence-electron chi connectivity index (χ3n) is 2.82. The molecule has 1 aromatic carbocycles. The van der Waals surface area contributed by atoms with Gasteiger partial charge < -0.3 is 10.2 Å². The maximum Gasteiger partial charge on any atom is 0.173 e. The highest BCUT2D eigenvalue weighted by molar-refractivity contribution is 7.80. The van der Waals surface area contributed by atoms with Crippen LogP contribution in [0.3, 0.4) is 0 Å². The Balaban J connectivity index is 2.52. The van der Waals surface area contributed by atoms with Crippen LogP contribution in [0.5, 0.6) is 0 Å². The Labute approximate surface area is 110 Å². The van der Waals surface area contributed by atoms with E-state index in [2.05, 4.69) is 31.0 Å². The van der Waals surface area contributed by atoms with Crippen LogP contribution in [0.4, 0.5) is 5.69 Å². The van der Waals surface area contributed by atoms with Gasteiger partial charge in [0.05, 0.1) is 0 Å². The summed E-state index contributed by atoms with van der Waals surface area (Å²) in [6.45, 7) is 6.68. The average molecular weight is 250 g/mol. The zero-order valence-electron chi connectivity index (χ0n) is 11.1. The number of benzene rings is 1. The fourth-order valence-electron chi connectivity index (χ4n) is 1.77. The molecule has 0 bridgehead atoms. The number of nitrogens with zero attached hydrogens (tertiary/aromatic N) is 1. The van der Waals surface area contributed by atoms with Crippen molar-refractivity contribution in [2.24, 2.45) is 5.92 Å². The quantitative estimate of drug-likeness (QED) is 0.819. The summed E-state index contributed by atoms with van der Waals surface area (Å²) in [7, 11) is 2.05. The molecule has 0 radical (unpaired) electrons. The molecule has 94 valence electrons. The van der Waals surface area contributed by atoms with Gasteiger partial charge in [0, 0.05) is 18.8 Å². The summed E-state index contributed by atoms with van der Waals surface area (Å²) in [6.07, 6.45) is 1.15. The standard InChI is InChI=1S/C14H22N2S/c1-11(2)10-12(3)16(4)14(17)15-13-8-6-5-7-9-13/h5-9,11-12H,10H2,1-4H3,(H,15,17). The summed E-state index contributed by atoms with van der Waals surface area (Å²) < 4.78 is 0. The highest BCUT2D eigenvalue weighted by Crippen LogP contribution is 2.12. The monoisotopic (exact) mass is 250 g/mol. The van der Waals surface area contributed by atoms with Crippen molar-refractivity contribution in [3.8, 4) is 0 Å². The molecule has 1 aromatic rings. The zero-order chi connectivity index (χ0) is 12.8. The van der Waals surface area contributed by atoms with Gasteiger partial charge in [-0.15, -0.1) is 0 Å². The minimum absolute atomic E-state index is 0.457. The molecule has 0 aliphatic heterocycles. The Morgan fingerprint density at radius 1 is 1.24 bits per heavy atom. The maximum atomic E-state index is 5.40. The lowest BCUT2D eigenvalue weighted by atomic mass is 10.0. The Hall–Kier alpha value is -1.09. The molecule has 3 heteroatoms. The van der Waals surface area contributed by atoms with Crippen molar-refractivity contribution in [3.05, 3.63) is 30.3 Å². The third kappa shape index (κ3) is 4.73. The fraction of sp³-hybridized carbons (Fsp3) is 0.500. The molecule has 0 aliphatic rings. The highest BCUT2D eigenvalue weighted by atomic mass is 32.1. The van der Waals surface area contributed by atoms with E-state index in [9.17, 15) is 0 Å². The fourth-order valence-corrected chi connectivity index (χ4v) is 2.07. The van der Waals surface area contributed by atoms with E-state index in [1.165, 1.54) is 0 Å². The van der Waals surface area contributed by atoms with Crippen molar-refractivity contribution in [3.63, 3.8) is 0 Å². The van der Waals surface area contributed by atoms with Gasteiger partial charge in [-0.3, -0.25) is 0 Å². The molecule has 0 fully saturated rings. The molecule has 0 saturated carbocycles. The van der Waals surface area contributed by atoms with Crippen LogP contribution in [0, 0.1) is 5.92 Å². The van der Waals surface area contributed by atoms with Gasteiger partial charge in [-0.25, -0.2) is 0 Å². The summed E-state index contributed by atoms with van der Waals surface area (Å²) in [4.78, 5) is 2.13. The lowest BCUT2D eigenvalue weighted by Crippen LogP contribution is -2.38. The van der Waals surface area contributed by atoms with Gasteiger partial charge in [-0.1, -0.05) is 32.0 Å². The predicted octanol–water partition coefficient (Wildman–Crippen LogP) is 3.75. The van der Waals surface area contributed by atoms with E-state index in [1.807, 2.05) is 37.4 Å². The first-order valence-corrected chi connectivity index (χ1v) is 6.50. The Morgan fingerprint density at radius 3 is 2.35 bits per heavy atom. The summed E-state index contributed by atoms with van der Waals surface area (Å²) in [5, 5.41) is 4.03. The summed E-state index contributed by atoms with van der Waals surface area (Å²) in [6, 6.07) is 10.5. The molecule has 0 heterocycles. The number of thiocarbonyl (C=S) groups is 1. The van der Waals surface area contributed by atoms with Gasteiger partial charge in [-0.05, 0) is 43.6 Å². The number of para-hydroxylation sites is 1. The average Bonchev–Trinajstić information content (AvgIpc) is 2.28. The van der Waals surface area contributed by atoms with Crippen LogP contribution in [0.1, 0.15) is 27.2 Å². The van der Waals surface area contributed by atoms with Crippen LogP contribution < -0.4 is 5.32 Å². The Bertz CT molecular complexity index is 348. The van der Waals surface area contributed by atoms with E-state index in [4.69, 9.17) is 12.2 Å². The molecule has 1 unspecified atom stereocenters. The molecular formula is C14H22N2S. The second-order valence-electron chi connectivity index (χ2n) is 4.89. The summed E-state index contributed by atoms with van der Waals surface area (Å²) >= 11 is 5.40. The van der Waals surface area contributed by atoms with Gasteiger partial charge in [-0.2, -0.15) is 0 Å². The van der Waals surface area contributed by atoms with Crippen molar-refractivity contribution in [2.75, 3.05) is 12.4 Å². The van der Waals surface area contributed by atoms with Crippen molar-refractivity contribution in [1.29, 1.82) is 0 Å². The molecule has 0 aromatic heterocycles. The van der Waals surface area contributed by atoms with Crippen LogP contribution >= 0.6 is 12.2 Å². The van der Waals surface area contributed by atoms with Crippen LogP contribution in [0.2, 0.25) is 0 Å². The topological polar surface area (TPSA) is 15.3 Å². The van der Waals surface area contributed by atoms with E-state index in [0.717, 1.165) is 17.2 Å². The largest absolute Gasteiger partial charge is 0.349 e. The minimum atomic E-state index is 0.457. The molecular weight excluding hydrogens is 228 g/mol. The number of nitrogens with one attached hydrogen (secondary N) is 1. The van der Waals surface area contributed by atoms with Gasteiger partial charge in [0.25, 0.3) is 0 Å². The summed E-state index contributed by atoms with van der Waals surface area (Å²) in [5.41, 5.74) is 1.04. The Kier molecular flexibility index (Phi) is 5.42. The van der Waals surface area contributed by atoms with Crippen LogP contribution in [-0.4, -0.2) is 23.1 Å². The van der Waals surface area contributed by atoms with Gasteiger partial charge in [0.2, 0.25) is 0 Å². The van der Waals surface area contributed by atoms with Crippen molar-refractivity contribution in [2.45, 2.75) is 33.2 Å². The maximum absolute atomic E-state index is 5.40. The number of hydrogen-bond acceptors (Lipinski definition) is 1. The number of rotatable bonds is 4. The van der Waals surface area contributed by atoms with Crippen molar-refractivity contribution < 1.29 is 0 Å². The first-order valence-electron chi connectivity index (χ1n) is 6.09. The molecule has 0 amide bonds. The van der Waals surface area contributed by atoms with Crippen LogP contribution in [-0.2, 0) is 0 Å². The van der Waals surface area contributed by atoms with Crippen molar-refractivity contribution >= 4 is 23.0 Å². The minimum Gasteiger partial charge on any atom is -0.349 e. The summed E-state index contributed by atoms with van der Waals surface area (Å²) in [5.74, 6) is 0.687. The molecule has 17 heavy (non-hydrogen) atoms. The van der Waals surface area contributed by atoms with Crippen molar-refractivity contribution in [1.82, 2.24) is 4.90 Å². The van der Waals surface area contributed by atoms with Gasteiger partial charge >= 0.3 is 0 Å². The smallest absolute Gasteiger partial charge is 0.173 e. The molecule has 0 spiro atoms. The van der Waals surface area contributed by atoms with E-state index in [-0.39, 0.29) is 0 Å². The SMILES string of the molecule is CC(C)CC(C)N(C)C(=S)Nc1ccccc1. The lowest BCUT2D eigenvalue weighted by Gasteiger charge is -2.29. The molecule has 1 rings (SSSR count). The second kappa shape index (κ2) is 6.60. The molecule has 1 N–H and O–H groups in total. The highest BCUT2D eigenvalue weighted by Gasteiger charge is 2.13. The second-order valence-corrected chi connectivity index (χ2v) is 5.27. The van der Waals surface area contributed by atoms with Crippen LogP contribution in [0.15, 0.2) is 30.3 Å². The molecule has 0 aliphatic carbocycles. The number of anilines is 1. The molecule has 1 atom stereocenters. The van der Waals surface area contributed by atoms with E-state index >= 15 is 0 Å². The first kappa shape index (κ1) is 14.0. The molecule has 2 nitrogen and oxygen atoms in total. The van der Waals surface area contributed by atoms with E-state index in [0.29, 0.717) is 12.0 Å². The van der Waals surface area contributed by atoms with Crippen LogP contribution in [0.25, 0.3) is 0 Å². The van der Waals surface area contributed by atoms with Gasteiger partial charge in [0.15, 0.2) is 5.11 Å². The van der Waals surface area contributed by atoms with E-state index in [1.54, 1.807) is 0 Å². The molecule has 0 saturated heterocycles. The predicted molar refractivity (Wildman–Crippen MR) is 79.3 cm³/mol. The Morgan fingerprint density at radius 2 is 1.82 bits per heavy atom. The van der Waals surface area contributed by atoms with Gasteiger partial charge in [0.1, 0.15) is 0 Å². The zero-order valence-corrected chi connectivity index (χ0v) is 11.9. The first-order chi connectivity index (χ1) is 8.00. The third-order valence-corrected chi connectivity index (χ3v) is 3.21. The van der Waals surface area contributed by atoms with E-state index < -0.39 is 0 Å².